The Hall–Kier alpha value is -1.20. The molecule has 1 aliphatic carbocycles. The average Bonchev–Trinajstić information content (AvgIpc) is 2.06. The van der Waals surface area contributed by atoms with Crippen molar-refractivity contribution in [3.05, 3.63) is 0 Å². The molecule has 0 aromatic rings. The topological polar surface area (TPSA) is 52.6 Å². The highest BCUT2D eigenvalue weighted by molar-refractivity contribution is 5.59. The third-order valence-corrected chi connectivity index (χ3v) is 2.13. The Balaban J connectivity index is 2.49. The van der Waals surface area contributed by atoms with Gasteiger partial charge in [0, 0.05) is 0 Å². The van der Waals surface area contributed by atoms with Gasteiger partial charge in [0.25, 0.3) is 0 Å². The minimum atomic E-state index is -1.93. The maximum Gasteiger partial charge on any atom is 0.495 e. The smallest absolute Gasteiger partial charge is 0.433 e. The molecule has 1 saturated carbocycles. The molecule has 0 spiro atoms. The lowest BCUT2D eigenvalue weighted by atomic mass is 9.95. The zero-order valence-corrected chi connectivity index (χ0v) is 7.37. The van der Waals surface area contributed by atoms with Crippen LogP contribution in [0.1, 0.15) is 25.7 Å². The van der Waals surface area contributed by atoms with Crippen molar-refractivity contribution in [1.29, 1.82) is 0 Å². The first-order chi connectivity index (χ1) is 6.59. The van der Waals surface area contributed by atoms with Gasteiger partial charge in [-0.1, -0.05) is 0 Å². The molecule has 0 radical (unpaired) electrons. The Kier molecular flexibility index (Phi) is 3.79. The average molecular weight is 208 g/mol. The molecule has 6 heteroatoms. The second-order valence-electron chi connectivity index (χ2n) is 3.07. The van der Waals surface area contributed by atoms with Crippen LogP contribution in [0.2, 0.25) is 0 Å². The van der Waals surface area contributed by atoms with E-state index in [-0.39, 0.29) is 0 Å². The Labute approximate surface area is 79.2 Å². The second kappa shape index (κ2) is 4.88. The lowest BCUT2D eigenvalue weighted by Crippen LogP contribution is -2.36. The Morgan fingerprint density at radius 1 is 0.929 bits per heavy atom. The summed E-state index contributed by atoms with van der Waals surface area (Å²) in [5.41, 5.74) is 0. The van der Waals surface area contributed by atoms with Crippen molar-refractivity contribution < 1.29 is 27.8 Å². The van der Waals surface area contributed by atoms with Gasteiger partial charge in [0.1, 0.15) is 12.2 Å². The molecule has 0 saturated heterocycles. The van der Waals surface area contributed by atoms with Gasteiger partial charge >= 0.3 is 12.4 Å². The molecule has 2 atom stereocenters. The number of rotatable bonds is 2. The van der Waals surface area contributed by atoms with Gasteiger partial charge in [-0.3, -0.25) is 0 Å². The van der Waals surface area contributed by atoms with Crippen molar-refractivity contribution in [2.24, 2.45) is 0 Å². The van der Waals surface area contributed by atoms with E-state index in [9.17, 15) is 18.4 Å². The third-order valence-electron chi connectivity index (χ3n) is 2.13. The highest BCUT2D eigenvalue weighted by Crippen LogP contribution is 2.24. The molecule has 1 rings (SSSR count). The molecular formula is C8H10F2O4. The second-order valence-corrected chi connectivity index (χ2v) is 3.07. The van der Waals surface area contributed by atoms with Crippen molar-refractivity contribution in [3.8, 4) is 0 Å². The van der Waals surface area contributed by atoms with E-state index < -0.39 is 24.7 Å². The molecule has 0 aromatic heterocycles. The van der Waals surface area contributed by atoms with Crippen LogP contribution in [-0.4, -0.2) is 24.7 Å². The van der Waals surface area contributed by atoms with Crippen LogP contribution in [0.4, 0.5) is 18.4 Å². The highest BCUT2D eigenvalue weighted by Gasteiger charge is 2.31. The molecule has 0 aliphatic heterocycles. The maximum atomic E-state index is 11.9. The first-order valence-corrected chi connectivity index (χ1v) is 4.32. The molecule has 0 unspecified atom stereocenters. The van der Waals surface area contributed by atoms with E-state index in [1.54, 1.807) is 0 Å². The standard InChI is InChI=1S/C8H10F2O4/c9-7(11)13-5-3-1-2-4-6(5)14-8(10)12/h5-6H,1-4H2/t5-,6-/m1/s1. The van der Waals surface area contributed by atoms with Gasteiger partial charge in [-0.05, 0) is 25.7 Å². The lowest BCUT2D eigenvalue weighted by Gasteiger charge is -2.28. The first-order valence-electron chi connectivity index (χ1n) is 4.32. The van der Waals surface area contributed by atoms with Crippen LogP contribution >= 0.6 is 0 Å². The summed E-state index contributed by atoms with van der Waals surface area (Å²) < 4.78 is 32.3. The van der Waals surface area contributed by atoms with Gasteiger partial charge in [0.15, 0.2) is 0 Å². The molecule has 0 heterocycles. The SMILES string of the molecule is O=C(F)O[C@@H]1CCCC[C@H]1OC(=O)F. The van der Waals surface area contributed by atoms with E-state index in [1.807, 2.05) is 0 Å². The van der Waals surface area contributed by atoms with Crippen LogP contribution in [0.5, 0.6) is 0 Å². The van der Waals surface area contributed by atoms with E-state index in [2.05, 4.69) is 9.47 Å². The predicted molar refractivity (Wildman–Crippen MR) is 41.2 cm³/mol. The molecule has 0 N–H and O–H groups in total. The summed E-state index contributed by atoms with van der Waals surface area (Å²) in [5, 5.41) is 0. The lowest BCUT2D eigenvalue weighted by molar-refractivity contribution is -0.0440. The first kappa shape index (κ1) is 10.9. The number of ether oxygens (including phenoxy) is 2. The molecule has 0 amide bonds. The minimum Gasteiger partial charge on any atom is -0.433 e. The highest BCUT2D eigenvalue weighted by atomic mass is 19.2. The van der Waals surface area contributed by atoms with Gasteiger partial charge in [-0.15, -0.1) is 8.78 Å². The molecule has 80 valence electrons. The normalized spacial score (nSPS) is 26.7. The van der Waals surface area contributed by atoms with Gasteiger partial charge in [-0.2, -0.15) is 0 Å². The van der Waals surface area contributed by atoms with Crippen molar-refractivity contribution >= 4 is 12.4 Å². The molecule has 0 aromatic carbocycles. The van der Waals surface area contributed by atoms with Crippen LogP contribution in [-0.2, 0) is 9.47 Å². The molecule has 14 heavy (non-hydrogen) atoms. The fourth-order valence-electron chi connectivity index (χ4n) is 1.57. The van der Waals surface area contributed by atoms with Gasteiger partial charge in [0.2, 0.25) is 0 Å². The fourth-order valence-corrected chi connectivity index (χ4v) is 1.57. The number of halogens is 2. The van der Waals surface area contributed by atoms with Crippen molar-refractivity contribution in [1.82, 2.24) is 0 Å². The van der Waals surface area contributed by atoms with Crippen LogP contribution < -0.4 is 0 Å². The summed E-state index contributed by atoms with van der Waals surface area (Å²) in [7, 11) is 0. The van der Waals surface area contributed by atoms with Crippen LogP contribution in [0.25, 0.3) is 0 Å². The van der Waals surface area contributed by atoms with Crippen LogP contribution in [0, 0.1) is 0 Å². The van der Waals surface area contributed by atoms with Gasteiger partial charge in [-0.25, -0.2) is 9.59 Å². The summed E-state index contributed by atoms with van der Waals surface area (Å²) in [5.74, 6) is 0. The molecule has 1 fully saturated rings. The van der Waals surface area contributed by atoms with Crippen LogP contribution in [0.3, 0.4) is 0 Å². The van der Waals surface area contributed by atoms with Crippen molar-refractivity contribution in [2.45, 2.75) is 37.9 Å². The predicted octanol–water partition coefficient (Wildman–Crippen LogP) is 2.51. The van der Waals surface area contributed by atoms with E-state index in [1.165, 1.54) is 0 Å². The molecular weight excluding hydrogens is 198 g/mol. The Morgan fingerprint density at radius 2 is 1.29 bits per heavy atom. The zero-order chi connectivity index (χ0) is 10.6. The number of carbonyl (C=O) groups excluding carboxylic acids is 2. The Morgan fingerprint density at radius 3 is 1.57 bits per heavy atom. The van der Waals surface area contributed by atoms with E-state index in [0.717, 1.165) is 12.8 Å². The fraction of sp³-hybridized carbons (Fsp3) is 0.750. The minimum absolute atomic E-state index is 0.383. The summed E-state index contributed by atoms with van der Waals surface area (Å²) in [6.45, 7) is 0. The number of hydrogen-bond acceptors (Lipinski definition) is 4. The van der Waals surface area contributed by atoms with Crippen molar-refractivity contribution in [3.63, 3.8) is 0 Å². The summed E-state index contributed by atoms with van der Waals surface area (Å²) in [4.78, 5) is 20.0. The number of carbonyl (C=O) groups is 2. The van der Waals surface area contributed by atoms with E-state index in [0.29, 0.717) is 12.8 Å². The summed E-state index contributed by atoms with van der Waals surface area (Å²) in [6.07, 6.45) is -3.35. The summed E-state index contributed by atoms with van der Waals surface area (Å²) in [6, 6.07) is 0. The summed E-state index contributed by atoms with van der Waals surface area (Å²) >= 11 is 0. The monoisotopic (exact) mass is 208 g/mol. The van der Waals surface area contributed by atoms with E-state index in [4.69, 9.17) is 0 Å². The van der Waals surface area contributed by atoms with Gasteiger partial charge < -0.3 is 9.47 Å². The number of hydrogen-bond donors (Lipinski definition) is 0. The Bertz CT molecular complexity index is 207. The zero-order valence-electron chi connectivity index (χ0n) is 7.37. The molecule has 0 bridgehead atoms. The van der Waals surface area contributed by atoms with Crippen LogP contribution in [0.15, 0.2) is 0 Å². The van der Waals surface area contributed by atoms with Crippen molar-refractivity contribution in [2.75, 3.05) is 0 Å². The quantitative estimate of drug-likeness (QED) is 0.654. The third kappa shape index (κ3) is 3.27. The molecule has 4 nitrogen and oxygen atoms in total. The maximum absolute atomic E-state index is 11.9. The molecule has 1 aliphatic rings. The van der Waals surface area contributed by atoms with E-state index >= 15 is 0 Å². The van der Waals surface area contributed by atoms with Gasteiger partial charge in [0.05, 0.1) is 0 Å². The largest absolute Gasteiger partial charge is 0.495 e.